The molecule has 1 heterocycles. The van der Waals surface area contributed by atoms with Crippen LogP contribution in [0.3, 0.4) is 0 Å². The number of halogens is 2. The first kappa shape index (κ1) is 15.6. The summed E-state index contributed by atoms with van der Waals surface area (Å²) >= 11 is 3.53. The van der Waals surface area contributed by atoms with E-state index in [9.17, 15) is 14.0 Å². The monoisotopic (exact) mass is 408 g/mol. The van der Waals surface area contributed by atoms with E-state index in [0.717, 1.165) is 0 Å². The third-order valence-corrected chi connectivity index (χ3v) is 4.98. The molecule has 1 fully saturated rings. The SMILES string of the molecule is CN(C)C(=O)C1CSCN1C(=O)c1cc(F)ccc1I. The fourth-order valence-corrected chi connectivity index (χ4v) is 3.67. The Bertz CT molecular complexity index is 553. The molecule has 1 unspecified atom stereocenters. The van der Waals surface area contributed by atoms with Gasteiger partial charge in [-0.25, -0.2) is 4.39 Å². The number of rotatable bonds is 2. The van der Waals surface area contributed by atoms with Crippen LogP contribution in [0.25, 0.3) is 0 Å². The maximum atomic E-state index is 13.3. The van der Waals surface area contributed by atoms with Crippen molar-refractivity contribution in [3.05, 3.63) is 33.1 Å². The zero-order valence-corrected chi connectivity index (χ0v) is 14.1. The zero-order valence-electron chi connectivity index (χ0n) is 11.1. The number of carbonyl (C=O) groups excluding carboxylic acids is 2. The predicted octanol–water partition coefficient (Wildman–Crippen LogP) is 2.03. The molecule has 0 radical (unpaired) electrons. The Morgan fingerprint density at radius 3 is 2.80 bits per heavy atom. The number of benzene rings is 1. The molecule has 7 heteroatoms. The molecule has 1 saturated heterocycles. The quantitative estimate of drug-likeness (QED) is 0.704. The molecule has 0 spiro atoms. The van der Waals surface area contributed by atoms with Crippen molar-refractivity contribution in [3.63, 3.8) is 0 Å². The maximum absolute atomic E-state index is 13.3. The van der Waals surface area contributed by atoms with Crippen molar-refractivity contribution >= 4 is 46.2 Å². The highest BCUT2D eigenvalue weighted by Crippen LogP contribution is 2.26. The Morgan fingerprint density at radius 1 is 1.45 bits per heavy atom. The zero-order chi connectivity index (χ0) is 14.9. The summed E-state index contributed by atoms with van der Waals surface area (Å²) in [7, 11) is 3.33. The normalized spacial score (nSPS) is 18.2. The predicted molar refractivity (Wildman–Crippen MR) is 85.1 cm³/mol. The van der Waals surface area contributed by atoms with Gasteiger partial charge >= 0.3 is 0 Å². The van der Waals surface area contributed by atoms with Gasteiger partial charge in [0.1, 0.15) is 11.9 Å². The highest BCUT2D eigenvalue weighted by Gasteiger charge is 2.36. The average molecular weight is 408 g/mol. The summed E-state index contributed by atoms with van der Waals surface area (Å²) < 4.78 is 14.0. The lowest BCUT2D eigenvalue weighted by atomic mass is 10.1. The first-order chi connectivity index (χ1) is 9.41. The highest BCUT2D eigenvalue weighted by molar-refractivity contribution is 14.1. The molecule has 2 rings (SSSR count). The molecule has 0 N–H and O–H groups in total. The molecule has 1 aliphatic heterocycles. The number of carbonyl (C=O) groups is 2. The van der Waals surface area contributed by atoms with Gasteiger partial charge in [0.05, 0.1) is 11.4 Å². The molecule has 1 aliphatic rings. The number of thioether (sulfide) groups is 1. The van der Waals surface area contributed by atoms with Gasteiger partial charge in [0.2, 0.25) is 5.91 Å². The minimum Gasteiger partial charge on any atom is -0.347 e. The van der Waals surface area contributed by atoms with Gasteiger partial charge < -0.3 is 9.80 Å². The molecular formula is C13H14FIN2O2S. The minimum absolute atomic E-state index is 0.102. The highest BCUT2D eigenvalue weighted by atomic mass is 127. The first-order valence-electron chi connectivity index (χ1n) is 5.96. The third kappa shape index (κ3) is 3.08. The summed E-state index contributed by atoms with van der Waals surface area (Å²) in [5.41, 5.74) is 0.310. The maximum Gasteiger partial charge on any atom is 0.256 e. The van der Waals surface area contributed by atoms with Gasteiger partial charge in [0.15, 0.2) is 0 Å². The lowest BCUT2D eigenvalue weighted by Gasteiger charge is -2.25. The van der Waals surface area contributed by atoms with Gasteiger partial charge in [0.25, 0.3) is 5.91 Å². The van der Waals surface area contributed by atoms with Crippen LogP contribution in [0.5, 0.6) is 0 Å². The standard InChI is InChI=1S/C13H14FIN2O2S/c1-16(2)13(19)11-6-20-7-17(11)12(18)9-5-8(14)3-4-10(9)15/h3-5,11H,6-7H2,1-2H3. The largest absolute Gasteiger partial charge is 0.347 e. The second kappa shape index (κ2) is 6.30. The Labute approximate surface area is 134 Å². The van der Waals surface area contributed by atoms with E-state index in [1.165, 1.54) is 33.7 Å². The Hall–Kier alpha value is -0.830. The van der Waals surface area contributed by atoms with E-state index in [-0.39, 0.29) is 11.8 Å². The fraction of sp³-hybridized carbons (Fsp3) is 0.385. The van der Waals surface area contributed by atoms with E-state index in [1.807, 2.05) is 22.6 Å². The van der Waals surface area contributed by atoms with Crippen LogP contribution >= 0.6 is 34.4 Å². The van der Waals surface area contributed by atoms with Gasteiger partial charge in [-0.05, 0) is 40.8 Å². The van der Waals surface area contributed by atoms with Crippen LogP contribution in [0, 0.1) is 9.39 Å². The van der Waals surface area contributed by atoms with Crippen LogP contribution < -0.4 is 0 Å². The van der Waals surface area contributed by atoms with Crippen molar-refractivity contribution in [2.45, 2.75) is 6.04 Å². The van der Waals surface area contributed by atoms with Crippen molar-refractivity contribution in [1.82, 2.24) is 9.80 Å². The summed E-state index contributed by atoms with van der Waals surface area (Å²) in [6, 6.07) is 3.64. The molecule has 108 valence electrons. The van der Waals surface area contributed by atoms with Crippen LogP contribution in [0.4, 0.5) is 4.39 Å². The smallest absolute Gasteiger partial charge is 0.256 e. The number of hydrogen-bond donors (Lipinski definition) is 0. The summed E-state index contributed by atoms with van der Waals surface area (Å²) in [6.45, 7) is 0. The van der Waals surface area contributed by atoms with Gasteiger partial charge in [-0.1, -0.05) is 0 Å². The molecule has 20 heavy (non-hydrogen) atoms. The number of amides is 2. The van der Waals surface area contributed by atoms with Crippen LogP contribution in [0.15, 0.2) is 18.2 Å². The number of hydrogen-bond acceptors (Lipinski definition) is 3. The van der Waals surface area contributed by atoms with Gasteiger partial charge in [0, 0.05) is 23.4 Å². The van der Waals surface area contributed by atoms with E-state index in [0.29, 0.717) is 20.8 Å². The molecule has 0 aromatic heterocycles. The molecular weight excluding hydrogens is 394 g/mol. The van der Waals surface area contributed by atoms with Crippen LogP contribution in [0.1, 0.15) is 10.4 Å². The molecule has 0 bridgehead atoms. The Kier molecular flexibility index (Phi) is 4.90. The Balaban J connectivity index is 2.28. The number of likely N-dealkylation sites (N-methyl/N-ethyl adjacent to an activating group) is 1. The van der Waals surface area contributed by atoms with Crippen molar-refractivity contribution in [2.24, 2.45) is 0 Å². The van der Waals surface area contributed by atoms with E-state index in [1.54, 1.807) is 20.2 Å². The molecule has 0 saturated carbocycles. The van der Waals surface area contributed by atoms with Crippen molar-refractivity contribution in [1.29, 1.82) is 0 Å². The van der Waals surface area contributed by atoms with E-state index in [4.69, 9.17) is 0 Å². The van der Waals surface area contributed by atoms with Crippen molar-refractivity contribution in [3.8, 4) is 0 Å². The van der Waals surface area contributed by atoms with Crippen LogP contribution in [-0.4, -0.2) is 53.4 Å². The topological polar surface area (TPSA) is 40.6 Å². The number of nitrogens with zero attached hydrogens (tertiary/aromatic N) is 2. The fourth-order valence-electron chi connectivity index (χ4n) is 1.96. The minimum atomic E-state index is -0.471. The lowest BCUT2D eigenvalue weighted by molar-refractivity contribution is -0.132. The van der Waals surface area contributed by atoms with Gasteiger partial charge in [-0.15, -0.1) is 11.8 Å². The third-order valence-electron chi connectivity index (χ3n) is 3.03. The van der Waals surface area contributed by atoms with Crippen molar-refractivity contribution < 1.29 is 14.0 Å². The molecule has 1 aromatic rings. The molecule has 4 nitrogen and oxygen atoms in total. The van der Waals surface area contributed by atoms with Crippen LogP contribution in [0.2, 0.25) is 0 Å². The summed E-state index contributed by atoms with van der Waals surface area (Å²) in [4.78, 5) is 27.6. The molecule has 1 atom stereocenters. The first-order valence-corrected chi connectivity index (χ1v) is 8.20. The van der Waals surface area contributed by atoms with E-state index in [2.05, 4.69) is 0 Å². The second-order valence-electron chi connectivity index (χ2n) is 4.65. The molecule has 0 aliphatic carbocycles. The second-order valence-corrected chi connectivity index (χ2v) is 6.81. The van der Waals surface area contributed by atoms with Crippen LogP contribution in [-0.2, 0) is 4.79 Å². The van der Waals surface area contributed by atoms with Gasteiger partial charge in [-0.3, -0.25) is 9.59 Å². The summed E-state index contributed by atoms with van der Waals surface area (Å²) in [5, 5.41) is 0. The molecule has 2 amide bonds. The average Bonchev–Trinajstić information content (AvgIpc) is 2.88. The van der Waals surface area contributed by atoms with E-state index >= 15 is 0 Å². The molecule has 1 aromatic carbocycles. The summed E-state index contributed by atoms with van der Waals surface area (Å²) in [5.74, 6) is 0.189. The summed E-state index contributed by atoms with van der Waals surface area (Å²) in [6.07, 6.45) is 0. The van der Waals surface area contributed by atoms with E-state index < -0.39 is 11.9 Å². The van der Waals surface area contributed by atoms with Crippen molar-refractivity contribution in [2.75, 3.05) is 25.7 Å². The Morgan fingerprint density at radius 2 is 2.15 bits per heavy atom. The lowest BCUT2D eigenvalue weighted by Crippen LogP contribution is -2.46. The van der Waals surface area contributed by atoms with Gasteiger partial charge in [-0.2, -0.15) is 0 Å².